The number of rotatable bonds is 7. The van der Waals surface area contributed by atoms with E-state index in [4.69, 9.17) is 4.74 Å². The standard InChI is InChI=1S/C28H38N2O5/c31-15-14-29-27(33)21-16-22(25(32)26-24(21)20-12-6-7-13-23(20)35-26)30(17-18-8-2-1-3-9-18)28(34)19-10-4-5-11-19/h6-7,12-13,16,18-19,22,24-26,31-32H,1-5,8-11,14-15,17H2,(H,29,33)/t22-,24+,25+,26+/m1/s1. The second-order valence-corrected chi connectivity index (χ2v) is 10.7. The first-order chi connectivity index (χ1) is 17.1. The van der Waals surface area contributed by atoms with Crippen LogP contribution in [0.15, 0.2) is 35.9 Å². The van der Waals surface area contributed by atoms with Gasteiger partial charge in [-0.1, -0.05) is 50.3 Å². The lowest BCUT2D eigenvalue weighted by Crippen LogP contribution is -2.57. The second kappa shape index (κ2) is 10.7. The number of carbonyl (C=O) groups excluding carboxylic acids is 2. The molecule has 2 saturated carbocycles. The molecule has 0 radical (unpaired) electrons. The zero-order valence-electron chi connectivity index (χ0n) is 20.4. The van der Waals surface area contributed by atoms with Crippen LogP contribution in [0.2, 0.25) is 0 Å². The molecule has 3 N–H and O–H groups in total. The topological polar surface area (TPSA) is 99.1 Å². The van der Waals surface area contributed by atoms with Gasteiger partial charge in [-0.2, -0.15) is 0 Å². The molecule has 0 aromatic heterocycles. The highest BCUT2D eigenvalue weighted by molar-refractivity contribution is 5.96. The van der Waals surface area contributed by atoms with Crippen molar-refractivity contribution in [2.24, 2.45) is 11.8 Å². The minimum atomic E-state index is -0.935. The fraction of sp³-hybridized carbons (Fsp3) is 0.643. The van der Waals surface area contributed by atoms with Gasteiger partial charge in [0.15, 0.2) is 0 Å². The van der Waals surface area contributed by atoms with Crippen molar-refractivity contribution in [2.45, 2.75) is 82.0 Å². The van der Waals surface area contributed by atoms with Gasteiger partial charge < -0.3 is 25.2 Å². The summed E-state index contributed by atoms with van der Waals surface area (Å²) in [4.78, 5) is 29.0. The van der Waals surface area contributed by atoms with Crippen LogP contribution in [0.1, 0.15) is 69.3 Å². The van der Waals surface area contributed by atoms with Crippen molar-refractivity contribution in [3.63, 3.8) is 0 Å². The van der Waals surface area contributed by atoms with Crippen LogP contribution in [-0.2, 0) is 9.59 Å². The molecular weight excluding hydrogens is 444 g/mol. The Morgan fingerprint density at radius 3 is 2.49 bits per heavy atom. The largest absolute Gasteiger partial charge is 0.486 e. The third-order valence-electron chi connectivity index (χ3n) is 8.40. The number of ether oxygens (including phenoxy) is 1. The summed E-state index contributed by atoms with van der Waals surface area (Å²) in [5.74, 6) is 0.499. The molecule has 4 aliphatic rings. The van der Waals surface area contributed by atoms with E-state index in [9.17, 15) is 19.8 Å². The maximum atomic E-state index is 13.8. The molecule has 190 valence electrons. The van der Waals surface area contributed by atoms with Gasteiger partial charge >= 0.3 is 0 Å². The summed E-state index contributed by atoms with van der Waals surface area (Å²) >= 11 is 0. The predicted octanol–water partition coefficient (Wildman–Crippen LogP) is 2.91. The molecule has 5 rings (SSSR count). The van der Waals surface area contributed by atoms with Gasteiger partial charge in [-0.25, -0.2) is 0 Å². The number of nitrogens with one attached hydrogen (secondary N) is 1. The average molecular weight is 483 g/mol. The fourth-order valence-electron chi connectivity index (χ4n) is 6.60. The van der Waals surface area contributed by atoms with E-state index in [1.807, 2.05) is 35.2 Å². The van der Waals surface area contributed by atoms with Crippen LogP contribution in [0, 0.1) is 11.8 Å². The average Bonchev–Trinajstić information content (AvgIpc) is 3.56. The lowest BCUT2D eigenvalue weighted by atomic mass is 9.77. The number of benzene rings is 1. The smallest absolute Gasteiger partial charge is 0.247 e. The normalized spacial score (nSPS) is 28.6. The van der Waals surface area contributed by atoms with Crippen LogP contribution in [0.25, 0.3) is 0 Å². The summed E-state index contributed by atoms with van der Waals surface area (Å²) in [5.41, 5.74) is 1.39. The molecule has 7 heteroatoms. The molecular formula is C28H38N2O5. The molecule has 0 saturated heterocycles. The van der Waals surface area contributed by atoms with E-state index in [-0.39, 0.29) is 30.9 Å². The van der Waals surface area contributed by atoms with Crippen molar-refractivity contribution in [3.05, 3.63) is 41.5 Å². The van der Waals surface area contributed by atoms with Crippen LogP contribution < -0.4 is 10.1 Å². The minimum Gasteiger partial charge on any atom is -0.486 e. The van der Waals surface area contributed by atoms with Gasteiger partial charge in [-0.15, -0.1) is 0 Å². The molecule has 35 heavy (non-hydrogen) atoms. The number of fused-ring (bicyclic) bond motifs is 3. The molecule has 1 heterocycles. The Kier molecular flexibility index (Phi) is 7.44. The number of carbonyl (C=O) groups is 2. The van der Waals surface area contributed by atoms with E-state index in [2.05, 4.69) is 5.32 Å². The summed E-state index contributed by atoms with van der Waals surface area (Å²) < 4.78 is 6.23. The van der Waals surface area contributed by atoms with E-state index in [1.54, 1.807) is 0 Å². The predicted molar refractivity (Wildman–Crippen MR) is 132 cm³/mol. The van der Waals surface area contributed by atoms with Crippen molar-refractivity contribution in [3.8, 4) is 5.75 Å². The molecule has 1 aliphatic heterocycles. The third-order valence-corrected chi connectivity index (χ3v) is 8.40. The molecule has 0 unspecified atom stereocenters. The molecule has 1 aromatic carbocycles. The lowest BCUT2D eigenvalue weighted by Gasteiger charge is -2.43. The van der Waals surface area contributed by atoms with E-state index in [0.29, 0.717) is 23.8 Å². The Bertz CT molecular complexity index is 950. The first-order valence-electron chi connectivity index (χ1n) is 13.4. The van der Waals surface area contributed by atoms with Gasteiger partial charge in [-0.05, 0) is 43.7 Å². The monoisotopic (exact) mass is 482 g/mol. The second-order valence-electron chi connectivity index (χ2n) is 10.7. The maximum Gasteiger partial charge on any atom is 0.247 e. The van der Waals surface area contributed by atoms with Gasteiger partial charge in [0.25, 0.3) is 0 Å². The van der Waals surface area contributed by atoms with Crippen LogP contribution in [0.4, 0.5) is 0 Å². The molecule has 2 amide bonds. The quantitative estimate of drug-likeness (QED) is 0.555. The van der Waals surface area contributed by atoms with E-state index in [0.717, 1.165) is 44.1 Å². The van der Waals surface area contributed by atoms with Gasteiger partial charge in [0, 0.05) is 30.1 Å². The SMILES string of the molecule is O=C(NCCO)C1=C[C@@H](N(CC2CCCCC2)C(=O)C2CCCC2)[C@H](O)[C@H]2Oc3ccccc3[C@@H]12. The van der Waals surface area contributed by atoms with Crippen LogP contribution in [0.3, 0.4) is 0 Å². The Morgan fingerprint density at radius 1 is 1.03 bits per heavy atom. The number of nitrogens with zero attached hydrogens (tertiary/aromatic N) is 1. The first-order valence-corrected chi connectivity index (χ1v) is 13.4. The van der Waals surface area contributed by atoms with E-state index in [1.165, 1.54) is 19.3 Å². The Labute approximate surface area is 207 Å². The Hall–Kier alpha value is -2.38. The zero-order chi connectivity index (χ0) is 24.4. The fourth-order valence-corrected chi connectivity index (χ4v) is 6.60. The van der Waals surface area contributed by atoms with Gasteiger partial charge in [0.1, 0.15) is 18.0 Å². The van der Waals surface area contributed by atoms with Crippen molar-refractivity contribution in [1.29, 1.82) is 0 Å². The summed E-state index contributed by atoms with van der Waals surface area (Å²) in [5, 5.41) is 23.7. The summed E-state index contributed by atoms with van der Waals surface area (Å²) in [7, 11) is 0. The van der Waals surface area contributed by atoms with Gasteiger partial charge in [0.2, 0.25) is 11.8 Å². The zero-order valence-corrected chi connectivity index (χ0v) is 20.4. The van der Waals surface area contributed by atoms with Crippen molar-refractivity contribution >= 4 is 11.8 Å². The number of hydrogen-bond acceptors (Lipinski definition) is 5. The number of amides is 2. The van der Waals surface area contributed by atoms with Gasteiger partial charge in [0.05, 0.1) is 18.6 Å². The molecule has 4 atom stereocenters. The summed E-state index contributed by atoms with van der Waals surface area (Å²) in [6.07, 6.45) is 9.95. The highest BCUT2D eigenvalue weighted by Gasteiger charge is 2.51. The maximum absolute atomic E-state index is 13.8. The number of aliphatic hydroxyl groups excluding tert-OH is 2. The molecule has 0 bridgehead atoms. The highest BCUT2D eigenvalue weighted by Crippen LogP contribution is 2.47. The van der Waals surface area contributed by atoms with Crippen molar-refractivity contribution in [2.75, 3.05) is 19.7 Å². The first kappa shape index (κ1) is 24.3. The van der Waals surface area contributed by atoms with Crippen molar-refractivity contribution < 1.29 is 24.5 Å². The molecule has 3 aliphatic carbocycles. The lowest BCUT2D eigenvalue weighted by molar-refractivity contribution is -0.142. The third kappa shape index (κ3) is 4.85. The van der Waals surface area contributed by atoms with Gasteiger partial charge in [-0.3, -0.25) is 9.59 Å². The number of para-hydroxylation sites is 1. The molecule has 7 nitrogen and oxygen atoms in total. The molecule has 1 aromatic rings. The Balaban J connectivity index is 1.51. The summed E-state index contributed by atoms with van der Waals surface area (Å²) in [6.45, 7) is 0.611. The van der Waals surface area contributed by atoms with Crippen LogP contribution in [-0.4, -0.2) is 64.9 Å². The number of hydrogen-bond donors (Lipinski definition) is 3. The highest BCUT2D eigenvalue weighted by atomic mass is 16.5. The number of aliphatic hydroxyl groups is 2. The Morgan fingerprint density at radius 2 is 1.74 bits per heavy atom. The van der Waals surface area contributed by atoms with E-state index >= 15 is 0 Å². The molecule has 2 fully saturated rings. The minimum absolute atomic E-state index is 0.00901. The molecule has 0 spiro atoms. The van der Waals surface area contributed by atoms with Crippen LogP contribution in [0.5, 0.6) is 5.75 Å². The van der Waals surface area contributed by atoms with E-state index < -0.39 is 24.2 Å². The van der Waals surface area contributed by atoms with Crippen LogP contribution >= 0.6 is 0 Å². The van der Waals surface area contributed by atoms with Crippen molar-refractivity contribution in [1.82, 2.24) is 10.2 Å². The summed E-state index contributed by atoms with van der Waals surface area (Å²) in [6, 6.07) is 6.97.